The Hall–Kier alpha value is -6.01. The first-order valence-electron chi connectivity index (χ1n) is 31.5. The highest BCUT2D eigenvalue weighted by Gasteiger charge is 2.58. The summed E-state index contributed by atoms with van der Waals surface area (Å²) in [4.78, 5) is 76.5. The van der Waals surface area contributed by atoms with E-state index in [1.54, 1.807) is 9.80 Å². The smallest absolute Gasteiger partial charge is 0.410 e. The van der Waals surface area contributed by atoms with Gasteiger partial charge in [-0.2, -0.15) is 0 Å². The maximum atomic E-state index is 14.0. The number of amides is 2. The third-order valence-corrected chi connectivity index (χ3v) is 18.6. The van der Waals surface area contributed by atoms with Gasteiger partial charge in [-0.3, -0.25) is 29.5 Å². The molecule has 9 atom stereocenters. The zero-order chi connectivity index (χ0) is 65.4. The minimum absolute atomic E-state index is 0. The average molecular weight is 1300 g/mol. The summed E-state index contributed by atoms with van der Waals surface area (Å²) in [6.07, 6.45) is 6.67. The van der Waals surface area contributed by atoms with Crippen LogP contribution in [-0.2, 0) is 28.7 Å². The fourth-order valence-electron chi connectivity index (χ4n) is 12.9. The van der Waals surface area contributed by atoms with Crippen molar-refractivity contribution in [3.8, 4) is 0 Å². The first kappa shape index (κ1) is 70.9. The summed E-state index contributed by atoms with van der Waals surface area (Å²) in [5, 5.41) is 32.7. The van der Waals surface area contributed by atoms with Gasteiger partial charge in [0.25, 0.3) is 17.8 Å². The van der Waals surface area contributed by atoms with Crippen molar-refractivity contribution < 1.29 is 79.9 Å². The summed E-state index contributed by atoms with van der Waals surface area (Å²) < 4.78 is 90.9. The molecular formula is C67H89ClF6N6O11. The van der Waals surface area contributed by atoms with Crippen molar-refractivity contribution in [2.45, 2.75) is 202 Å². The number of nitrogens with one attached hydrogen (secondary N) is 2. The summed E-state index contributed by atoms with van der Waals surface area (Å²) in [7, 11) is 0. The maximum absolute atomic E-state index is 14.0. The first-order valence-corrected chi connectivity index (χ1v) is 31.5. The average Bonchev–Trinajstić information content (AvgIpc) is 1.62. The van der Waals surface area contributed by atoms with Crippen molar-refractivity contribution in [3.05, 3.63) is 108 Å². The molecule has 17 nitrogen and oxygen atoms in total. The second-order valence-corrected chi connectivity index (χ2v) is 29.0. The van der Waals surface area contributed by atoms with E-state index in [2.05, 4.69) is 47.0 Å². The Morgan fingerprint density at radius 1 is 0.571 bits per heavy atom. The van der Waals surface area contributed by atoms with Gasteiger partial charge in [-0.15, -0.1) is 12.4 Å². The molecule has 0 aromatic heterocycles. The molecule has 0 unspecified atom stereocenters. The first-order chi connectivity index (χ1) is 42.1. The van der Waals surface area contributed by atoms with Gasteiger partial charge in [-0.25, -0.2) is 35.9 Å². The topological polar surface area (TPSA) is 219 Å². The van der Waals surface area contributed by atoms with E-state index < -0.39 is 110 Å². The van der Waals surface area contributed by atoms with Crippen LogP contribution in [0.2, 0.25) is 0 Å². The number of carbonyl (C=O) groups excluding carboxylic acids is 3. The number of ether oxygens (including phenoxy) is 2. The van der Waals surface area contributed by atoms with Crippen LogP contribution in [0.5, 0.6) is 0 Å². The van der Waals surface area contributed by atoms with Gasteiger partial charge in [0.2, 0.25) is 0 Å². The van der Waals surface area contributed by atoms with Gasteiger partial charge in [-0.1, -0.05) is 91.0 Å². The molecule has 5 N–H and O–H groups in total. The fourth-order valence-corrected chi connectivity index (χ4v) is 12.9. The quantitative estimate of drug-likeness (QED) is 0.0525. The molecule has 3 heterocycles. The van der Waals surface area contributed by atoms with E-state index in [0.717, 1.165) is 70.6 Å². The van der Waals surface area contributed by atoms with Gasteiger partial charge in [0.1, 0.15) is 35.6 Å². The third kappa shape index (κ3) is 19.8. The van der Waals surface area contributed by atoms with Crippen LogP contribution in [0.15, 0.2) is 91.0 Å². The number of hydrogen-bond acceptors (Lipinski definition) is 12. The van der Waals surface area contributed by atoms with Crippen LogP contribution < -0.4 is 10.6 Å². The molecule has 12 rings (SSSR count). The minimum Gasteiger partial charge on any atom is -0.480 e. The summed E-state index contributed by atoms with van der Waals surface area (Å²) >= 11 is 0. The Bertz CT molecular complexity index is 3020. The molecule has 3 aromatic carbocycles. The van der Waals surface area contributed by atoms with Gasteiger partial charge >= 0.3 is 30.1 Å². The van der Waals surface area contributed by atoms with Crippen molar-refractivity contribution in [2.24, 2.45) is 16.2 Å². The van der Waals surface area contributed by atoms with Crippen LogP contribution in [-0.4, -0.2) is 189 Å². The number of nitrogens with zero attached hydrogens (tertiary/aromatic N) is 4. The highest BCUT2D eigenvalue weighted by atomic mass is 35.5. The van der Waals surface area contributed by atoms with Crippen LogP contribution in [0.4, 0.5) is 35.9 Å². The minimum atomic E-state index is -3.00. The van der Waals surface area contributed by atoms with E-state index in [0.29, 0.717) is 37.5 Å². The lowest BCUT2D eigenvalue weighted by Crippen LogP contribution is -2.46. The monoisotopic (exact) mass is 1300 g/mol. The molecule has 502 valence electrons. The number of carboxylic acids is 3. The number of likely N-dealkylation sites (tertiary alicyclic amines) is 2. The second-order valence-electron chi connectivity index (χ2n) is 29.0. The molecule has 3 saturated heterocycles. The van der Waals surface area contributed by atoms with E-state index in [1.165, 1.54) is 26.5 Å². The number of aldehydes is 1. The molecule has 24 heteroatoms. The second kappa shape index (κ2) is 27.5. The molecule has 0 bridgehead atoms. The molecule has 0 radical (unpaired) electrons. The number of carboxylic acid groups (broad SMARTS) is 3. The molecule has 91 heavy (non-hydrogen) atoms. The molecule has 2 amide bonds. The standard InChI is InChI=1S/C24H32F2N2O4.C19H24F2N2O2.C19H25NO3.C5H7F2NO2.ClH/c1-22(2,3)32-21(31)28(18-11-17(18)16-7-5-4-6-8-16)14-23(9-10-23)13-27-15-24(25,26)12-19(27)20(29)30;20-19(21)9-16(17(24)25)23(12-19)11-18(6-7-18)10-22-15-8-14(15)13-4-2-1-3-5-13;1-18(2,3)23-17(22)20(12-19(13-21)9-10-19)16-11-15(16)14-7-5-4-6-8-14;6-5(7)1-3(4(9)10)8-2-5;/h4-8,17-19H,9-15H2,1-3H3,(H,29,30);1-5,14-16,22H,6-12H2,(H,24,25);4-8,13,15-16H,9-12H2,1-3H3;3,8H,1-2H2,(H,9,10);1H/t17-,18+,19-;14-,15+,16-;15-,16+;3-;/m0000./s1. The number of benzene rings is 3. The molecular weight excluding hydrogens is 1210 g/mol. The van der Waals surface area contributed by atoms with Crippen LogP contribution in [0.1, 0.15) is 153 Å². The normalized spacial score (nSPS) is 28.4. The van der Waals surface area contributed by atoms with E-state index in [9.17, 15) is 65.3 Å². The predicted octanol–water partition coefficient (Wildman–Crippen LogP) is 11.3. The van der Waals surface area contributed by atoms with E-state index in [1.807, 2.05) is 96.1 Å². The number of hydrogen-bond donors (Lipinski definition) is 5. The Kier molecular flexibility index (Phi) is 21.4. The van der Waals surface area contributed by atoms with Gasteiger partial charge in [0.15, 0.2) is 0 Å². The third-order valence-electron chi connectivity index (χ3n) is 18.6. The highest BCUT2D eigenvalue weighted by Crippen LogP contribution is 2.54. The van der Waals surface area contributed by atoms with Crippen molar-refractivity contribution >= 4 is 48.8 Å². The number of aliphatic carboxylic acids is 3. The van der Waals surface area contributed by atoms with E-state index >= 15 is 0 Å². The van der Waals surface area contributed by atoms with Crippen LogP contribution in [0, 0.1) is 16.2 Å². The molecule has 9 fully saturated rings. The fraction of sp³-hybridized carbons (Fsp3) is 0.642. The molecule has 6 saturated carbocycles. The molecule has 3 aromatic rings. The molecule has 0 spiro atoms. The summed E-state index contributed by atoms with van der Waals surface area (Å²) in [5.74, 6) is -11.2. The largest absolute Gasteiger partial charge is 0.480 e. The molecule has 6 aliphatic carbocycles. The summed E-state index contributed by atoms with van der Waals surface area (Å²) in [6.45, 7) is 12.0. The SMILES string of the molecule is CC(C)(C)OC(=O)N(CC1(C=O)CC1)[C@@H]1C[C@H]1c1ccccc1.CC(C)(C)OC(=O)N(CC1(CN2CC(F)(F)C[C@H]2C(=O)O)CC1)[C@@H]1C[C@H]1c1ccccc1.Cl.O=C(O)[C@@H]1CC(F)(F)CN1.O=C(O)[C@@H]1CC(F)(F)CN1CC1(CN[C@@H]2C[C@H]2c2ccccc2)CC1. The van der Waals surface area contributed by atoms with Crippen molar-refractivity contribution in [1.29, 1.82) is 0 Å². The van der Waals surface area contributed by atoms with Gasteiger partial charge in [0.05, 0.1) is 19.6 Å². The lowest BCUT2D eigenvalue weighted by Gasteiger charge is -2.33. The molecule has 9 aliphatic rings. The maximum Gasteiger partial charge on any atom is 0.410 e. The number of rotatable bonds is 20. The summed E-state index contributed by atoms with van der Waals surface area (Å²) in [5.41, 5.74) is 1.87. The zero-order valence-corrected chi connectivity index (χ0v) is 53.5. The predicted molar refractivity (Wildman–Crippen MR) is 329 cm³/mol. The van der Waals surface area contributed by atoms with Crippen LogP contribution in [0.25, 0.3) is 0 Å². The lowest BCUT2D eigenvalue weighted by molar-refractivity contribution is -0.143. The van der Waals surface area contributed by atoms with Gasteiger partial charge in [-0.05, 0) is 121 Å². The Balaban J connectivity index is 0.000000164. The van der Waals surface area contributed by atoms with Gasteiger partial charge < -0.3 is 44.7 Å². The van der Waals surface area contributed by atoms with Crippen molar-refractivity contribution in [1.82, 2.24) is 30.2 Å². The molecule has 3 aliphatic heterocycles. The number of carbonyl (C=O) groups is 6. The van der Waals surface area contributed by atoms with Gasteiger partial charge in [0, 0.05) is 98.7 Å². The Labute approximate surface area is 534 Å². The van der Waals surface area contributed by atoms with E-state index in [-0.39, 0.29) is 59.3 Å². The van der Waals surface area contributed by atoms with Crippen LogP contribution >= 0.6 is 12.4 Å². The Morgan fingerprint density at radius 3 is 1.32 bits per heavy atom. The number of alkyl halides is 6. The Morgan fingerprint density at radius 2 is 0.978 bits per heavy atom. The number of halogens is 7. The summed E-state index contributed by atoms with van der Waals surface area (Å²) in [6, 6.07) is 27.9. The van der Waals surface area contributed by atoms with Crippen molar-refractivity contribution in [2.75, 3.05) is 52.4 Å². The van der Waals surface area contributed by atoms with Crippen LogP contribution in [0.3, 0.4) is 0 Å². The van der Waals surface area contributed by atoms with Crippen molar-refractivity contribution in [3.63, 3.8) is 0 Å². The lowest BCUT2D eigenvalue weighted by atomic mass is 10.0. The zero-order valence-electron chi connectivity index (χ0n) is 52.6. The van der Waals surface area contributed by atoms with E-state index in [4.69, 9.17) is 14.6 Å². The highest BCUT2D eigenvalue weighted by molar-refractivity contribution is 5.85.